The fourth-order valence-corrected chi connectivity index (χ4v) is 4.09. The first-order chi connectivity index (χ1) is 12.0. The number of benzene rings is 1. The summed E-state index contributed by atoms with van der Waals surface area (Å²) >= 11 is 3.39. The zero-order valence-corrected chi connectivity index (χ0v) is 16.3. The van der Waals surface area contributed by atoms with Crippen LogP contribution in [0.4, 0.5) is 0 Å². The first-order valence-electron chi connectivity index (χ1n) is 8.93. The number of nitrogens with zero attached hydrogens (tertiary/aromatic N) is 3. The number of hydrogen-bond acceptors (Lipinski definition) is 3. The van der Waals surface area contributed by atoms with E-state index in [1.807, 2.05) is 17.0 Å². The Hall–Kier alpha value is -1.69. The molecule has 1 aromatic carbocycles. The monoisotopic (exact) mass is 405 g/mol. The standard InChI is InChI=1S/C19H24BrN3O2/c1-13(2)23(15-5-3-4-6-15)18(24)9-10-22-12-21-17-8-7-14(20)11-16(17)19(22)25/h7-8,11-13,15H,3-6,9-10H2,1-2H3. The van der Waals surface area contributed by atoms with Crippen molar-refractivity contribution < 1.29 is 4.79 Å². The van der Waals surface area contributed by atoms with Crippen LogP contribution in [0.15, 0.2) is 33.8 Å². The lowest BCUT2D eigenvalue weighted by Crippen LogP contribution is -2.44. The van der Waals surface area contributed by atoms with Crippen LogP contribution in [0.1, 0.15) is 46.0 Å². The van der Waals surface area contributed by atoms with E-state index in [1.165, 1.54) is 12.8 Å². The van der Waals surface area contributed by atoms with Gasteiger partial charge in [-0.25, -0.2) is 4.98 Å². The molecule has 3 rings (SSSR count). The largest absolute Gasteiger partial charge is 0.337 e. The maximum absolute atomic E-state index is 12.8. The molecule has 5 nitrogen and oxygen atoms in total. The average molecular weight is 406 g/mol. The van der Waals surface area contributed by atoms with Crippen LogP contribution in [0.25, 0.3) is 10.9 Å². The van der Waals surface area contributed by atoms with Crippen LogP contribution in [0.2, 0.25) is 0 Å². The Labute approximate surface area is 156 Å². The van der Waals surface area contributed by atoms with E-state index in [0.717, 1.165) is 17.3 Å². The zero-order chi connectivity index (χ0) is 18.0. The minimum Gasteiger partial charge on any atom is -0.337 e. The van der Waals surface area contributed by atoms with Crippen molar-refractivity contribution in [3.05, 3.63) is 39.4 Å². The lowest BCUT2D eigenvalue weighted by Gasteiger charge is -2.33. The highest BCUT2D eigenvalue weighted by atomic mass is 79.9. The van der Waals surface area contributed by atoms with Gasteiger partial charge in [-0.2, -0.15) is 0 Å². The number of halogens is 1. The smallest absolute Gasteiger partial charge is 0.261 e. The van der Waals surface area contributed by atoms with Gasteiger partial charge in [-0.1, -0.05) is 28.8 Å². The molecule has 1 aliphatic carbocycles. The number of hydrogen-bond donors (Lipinski definition) is 0. The van der Waals surface area contributed by atoms with Gasteiger partial charge in [0, 0.05) is 29.5 Å². The Kier molecular flexibility index (Phi) is 5.57. The maximum atomic E-state index is 12.8. The summed E-state index contributed by atoms with van der Waals surface area (Å²) in [5.74, 6) is 0.128. The lowest BCUT2D eigenvalue weighted by molar-refractivity contribution is -0.135. The van der Waals surface area contributed by atoms with Crippen molar-refractivity contribution in [2.45, 2.75) is 64.6 Å². The maximum Gasteiger partial charge on any atom is 0.261 e. The second-order valence-corrected chi connectivity index (χ2v) is 7.90. The first-order valence-corrected chi connectivity index (χ1v) is 9.72. The Bertz CT molecular complexity index is 825. The molecule has 134 valence electrons. The summed E-state index contributed by atoms with van der Waals surface area (Å²) in [6.45, 7) is 4.50. The predicted molar refractivity (Wildman–Crippen MR) is 103 cm³/mol. The van der Waals surface area contributed by atoms with Crippen molar-refractivity contribution in [1.29, 1.82) is 0 Å². The number of carbonyl (C=O) groups is 1. The molecule has 0 radical (unpaired) electrons. The number of rotatable bonds is 5. The van der Waals surface area contributed by atoms with Crippen LogP contribution in [0.3, 0.4) is 0 Å². The summed E-state index contributed by atoms with van der Waals surface area (Å²) < 4.78 is 2.39. The van der Waals surface area contributed by atoms with Crippen LogP contribution in [-0.2, 0) is 11.3 Å². The van der Waals surface area contributed by atoms with Crippen molar-refractivity contribution in [3.8, 4) is 0 Å². The highest BCUT2D eigenvalue weighted by Crippen LogP contribution is 2.25. The highest BCUT2D eigenvalue weighted by molar-refractivity contribution is 9.10. The fourth-order valence-electron chi connectivity index (χ4n) is 3.73. The number of carbonyl (C=O) groups excluding carboxylic acids is 1. The van der Waals surface area contributed by atoms with Crippen LogP contribution in [-0.4, -0.2) is 32.4 Å². The van der Waals surface area contributed by atoms with E-state index in [9.17, 15) is 9.59 Å². The average Bonchev–Trinajstić information content (AvgIpc) is 3.08. The quantitative estimate of drug-likeness (QED) is 0.761. The Morgan fingerprint density at radius 1 is 1.36 bits per heavy atom. The van der Waals surface area contributed by atoms with Crippen molar-refractivity contribution >= 4 is 32.7 Å². The number of aromatic nitrogens is 2. The van der Waals surface area contributed by atoms with E-state index < -0.39 is 0 Å². The van der Waals surface area contributed by atoms with E-state index in [1.54, 1.807) is 17.0 Å². The summed E-state index contributed by atoms with van der Waals surface area (Å²) in [5.41, 5.74) is 0.571. The van der Waals surface area contributed by atoms with Crippen molar-refractivity contribution in [1.82, 2.24) is 14.5 Å². The van der Waals surface area contributed by atoms with Gasteiger partial charge in [0.15, 0.2) is 0 Å². The Morgan fingerprint density at radius 3 is 2.76 bits per heavy atom. The molecule has 0 bridgehead atoms. The second-order valence-electron chi connectivity index (χ2n) is 6.99. The van der Waals surface area contributed by atoms with E-state index in [2.05, 4.69) is 34.8 Å². The summed E-state index contributed by atoms with van der Waals surface area (Å²) in [4.78, 5) is 31.7. The molecule has 6 heteroatoms. The van der Waals surface area contributed by atoms with Crippen molar-refractivity contribution in [2.24, 2.45) is 0 Å². The van der Waals surface area contributed by atoms with E-state index in [4.69, 9.17) is 0 Å². The molecule has 1 heterocycles. The summed E-state index contributed by atoms with van der Waals surface area (Å²) in [6.07, 6.45) is 6.45. The Morgan fingerprint density at radius 2 is 2.08 bits per heavy atom. The van der Waals surface area contributed by atoms with Gasteiger partial charge in [-0.05, 0) is 44.9 Å². The summed E-state index contributed by atoms with van der Waals surface area (Å²) in [5, 5.41) is 0.570. The topological polar surface area (TPSA) is 55.2 Å². The predicted octanol–water partition coefficient (Wildman–Crippen LogP) is 3.73. The minimum absolute atomic E-state index is 0.101. The molecule has 1 fully saturated rings. The SMILES string of the molecule is CC(C)N(C(=O)CCn1cnc2ccc(Br)cc2c1=O)C1CCCC1. The molecule has 1 amide bonds. The molecule has 2 aromatic rings. The third-order valence-electron chi connectivity index (χ3n) is 4.92. The second kappa shape index (κ2) is 7.68. The van der Waals surface area contributed by atoms with Crippen LogP contribution in [0, 0.1) is 0 Å². The van der Waals surface area contributed by atoms with Gasteiger partial charge in [-0.3, -0.25) is 14.2 Å². The molecule has 0 spiro atoms. The summed E-state index contributed by atoms with van der Waals surface area (Å²) in [6, 6.07) is 6.01. The highest BCUT2D eigenvalue weighted by Gasteiger charge is 2.28. The molecule has 0 atom stereocenters. The molecule has 0 aliphatic heterocycles. The van der Waals surface area contributed by atoms with E-state index >= 15 is 0 Å². The van der Waals surface area contributed by atoms with Crippen molar-refractivity contribution in [3.63, 3.8) is 0 Å². The number of aryl methyl sites for hydroxylation is 1. The third kappa shape index (κ3) is 3.94. The molecule has 0 unspecified atom stereocenters. The molecular formula is C19H24BrN3O2. The van der Waals surface area contributed by atoms with Gasteiger partial charge in [0.05, 0.1) is 17.2 Å². The first kappa shape index (κ1) is 18.1. The van der Waals surface area contributed by atoms with Gasteiger partial charge >= 0.3 is 0 Å². The third-order valence-corrected chi connectivity index (χ3v) is 5.41. The molecule has 25 heavy (non-hydrogen) atoms. The molecule has 1 saturated carbocycles. The molecular weight excluding hydrogens is 382 g/mol. The van der Waals surface area contributed by atoms with Crippen LogP contribution < -0.4 is 5.56 Å². The lowest BCUT2D eigenvalue weighted by atomic mass is 10.1. The molecule has 0 saturated heterocycles. The Balaban J connectivity index is 1.76. The summed E-state index contributed by atoms with van der Waals surface area (Å²) in [7, 11) is 0. The zero-order valence-electron chi connectivity index (χ0n) is 14.7. The normalized spacial score (nSPS) is 15.2. The fraction of sp³-hybridized carbons (Fsp3) is 0.526. The number of fused-ring (bicyclic) bond motifs is 1. The van der Waals surface area contributed by atoms with Gasteiger partial charge in [0.1, 0.15) is 0 Å². The van der Waals surface area contributed by atoms with Crippen LogP contribution >= 0.6 is 15.9 Å². The minimum atomic E-state index is -0.101. The molecule has 0 N–H and O–H groups in total. The van der Waals surface area contributed by atoms with Gasteiger partial charge in [0.2, 0.25) is 5.91 Å². The van der Waals surface area contributed by atoms with Gasteiger partial charge in [0.25, 0.3) is 5.56 Å². The van der Waals surface area contributed by atoms with Gasteiger partial charge < -0.3 is 4.90 Å². The van der Waals surface area contributed by atoms with Crippen molar-refractivity contribution in [2.75, 3.05) is 0 Å². The van der Waals surface area contributed by atoms with E-state index in [0.29, 0.717) is 29.9 Å². The number of amides is 1. The molecule has 1 aromatic heterocycles. The van der Waals surface area contributed by atoms with E-state index in [-0.39, 0.29) is 17.5 Å². The van der Waals surface area contributed by atoms with Gasteiger partial charge in [-0.15, -0.1) is 0 Å². The molecule has 1 aliphatic rings. The van der Waals surface area contributed by atoms with Crippen LogP contribution in [0.5, 0.6) is 0 Å².